The monoisotopic (exact) mass is 309 g/mol. The van der Waals surface area contributed by atoms with E-state index in [1.165, 1.54) is 12.8 Å². The summed E-state index contributed by atoms with van der Waals surface area (Å²) < 4.78 is 0. The summed E-state index contributed by atoms with van der Waals surface area (Å²) in [4.78, 5) is 19.2. The van der Waals surface area contributed by atoms with Gasteiger partial charge in [0, 0.05) is 19.6 Å². The molecule has 0 radical (unpaired) electrons. The van der Waals surface area contributed by atoms with Crippen LogP contribution >= 0.6 is 11.6 Å². The van der Waals surface area contributed by atoms with E-state index in [0.717, 1.165) is 19.4 Å². The van der Waals surface area contributed by atoms with Crippen molar-refractivity contribution in [2.75, 3.05) is 18.9 Å². The normalized spacial score (nSPS) is 15.5. The van der Waals surface area contributed by atoms with Crippen molar-refractivity contribution in [2.45, 2.75) is 45.6 Å². The Kier molecular flexibility index (Phi) is 5.45. The third-order valence-electron chi connectivity index (χ3n) is 3.89. The highest BCUT2D eigenvalue weighted by atomic mass is 35.5. The highest BCUT2D eigenvalue weighted by Crippen LogP contribution is 2.27. The van der Waals surface area contributed by atoms with Crippen LogP contribution in [0, 0.1) is 5.92 Å². The molecule has 0 atom stereocenters. The van der Waals surface area contributed by atoms with Crippen LogP contribution in [0.3, 0.4) is 0 Å². The van der Waals surface area contributed by atoms with Gasteiger partial charge in [-0.15, -0.1) is 0 Å². The second-order valence-electron chi connectivity index (χ2n) is 6.07. The maximum absolute atomic E-state index is 12.9. The summed E-state index contributed by atoms with van der Waals surface area (Å²) in [6, 6.07) is 3.84. The number of anilines is 1. The summed E-state index contributed by atoms with van der Waals surface area (Å²) in [5.74, 6) is 1.05. The standard InChI is InChI=1S/C16H24ClN3O/c1-11(2)10-20(12-6-4-5-7-12)16(21)15-13(17)8-9-14(18-3)19-15/h8-9,11-12H,4-7,10H2,1-3H3,(H,18,19). The zero-order valence-corrected chi connectivity index (χ0v) is 13.8. The van der Waals surface area contributed by atoms with Gasteiger partial charge in [-0.05, 0) is 30.9 Å². The van der Waals surface area contributed by atoms with Crippen LogP contribution in [0.5, 0.6) is 0 Å². The van der Waals surface area contributed by atoms with Crippen molar-refractivity contribution >= 4 is 23.3 Å². The molecule has 0 aromatic carbocycles. The highest BCUT2D eigenvalue weighted by Gasteiger charge is 2.29. The Bertz CT molecular complexity index is 498. The van der Waals surface area contributed by atoms with Gasteiger partial charge < -0.3 is 10.2 Å². The predicted molar refractivity (Wildman–Crippen MR) is 86.9 cm³/mol. The third kappa shape index (κ3) is 3.88. The van der Waals surface area contributed by atoms with Gasteiger partial charge in [0.15, 0.2) is 0 Å². The first kappa shape index (κ1) is 16.1. The molecule has 1 aliphatic carbocycles. The zero-order valence-electron chi connectivity index (χ0n) is 13.0. The lowest BCUT2D eigenvalue weighted by molar-refractivity contribution is 0.0650. The number of amides is 1. The molecule has 0 spiro atoms. The molecule has 5 heteroatoms. The van der Waals surface area contributed by atoms with Gasteiger partial charge in [0.1, 0.15) is 11.5 Å². The van der Waals surface area contributed by atoms with E-state index in [2.05, 4.69) is 24.1 Å². The molecule has 1 saturated carbocycles. The van der Waals surface area contributed by atoms with Gasteiger partial charge in [-0.25, -0.2) is 4.98 Å². The van der Waals surface area contributed by atoms with E-state index in [9.17, 15) is 4.79 Å². The minimum atomic E-state index is -0.0438. The highest BCUT2D eigenvalue weighted by molar-refractivity contribution is 6.33. The van der Waals surface area contributed by atoms with Crippen LogP contribution in [0.2, 0.25) is 5.02 Å². The Morgan fingerprint density at radius 2 is 2.10 bits per heavy atom. The minimum Gasteiger partial charge on any atom is -0.373 e. The molecule has 0 unspecified atom stereocenters. The van der Waals surface area contributed by atoms with Crippen LogP contribution in [-0.2, 0) is 0 Å². The van der Waals surface area contributed by atoms with Crippen LogP contribution in [0.25, 0.3) is 0 Å². The van der Waals surface area contributed by atoms with Gasteiger partial charge in [-0.3, -0.25) is 4.79 Å². The summed E-state index contributed by atoms with van der Waals surface area (Å²) in [6.07, 6.45) is 4.57. The zero-order chi connectivity index (χ0) is 15.4. The third-order valence-corrected chi connectivity index (χ3v) is 4.20. The van der Waals surface area contributed by atoms with Crippen molar-refractivity contribution in [3.63, 3.8) is 0 Å². The van der Waals surface area contributed by atoms with Crippen LogP contribution in [0.15, 0.2) is 12.1 Å². The fourth-order valence-electron chi connectivity index (χ4n) is 2.87. The summed E-state index contributed by atoms with van der Waals surface area (Å²) in [6.45, 7) is 5.02. The molecular formula is C16H24ClN3O. The van der Waals surface area contributed by atoms with Crippen LogP contribution in [-0.4, -0.2) is 35.4 Å². The van der Waals surface area contributed by atoms with E-state index in [0.29, 0.717) is 28.5 Å². The molecule has 1 fully saturated rings. The first-order valence-electron chi connectivity index (χ1n) is 7.68. The number of nitrogens with zero attached hydrogens (tertiary/aromatic N) is 2. The molecule has 1 aromatic rings. The van der Waals surface area contributed by atoms with Crippen molar-refractivity contribution in [1.29, 1.82) is 0 Å². The van der Waals surface area contributed by atoms with Gasteiger partial charge in [0.2, 0.25) is 0 Å². The van der Waals surface area contributed by atoms with Gasteiger partial charge in [0.25, 0.3) is 5.91 Å². The number of nitrogens with one attached hydrogen (secondary N) is 1. The number of aromatic nitrogens is 1. The van der Waals surface area contributed by atoms with E-state index >= 15 is 0 Å². The average molecular weight is 310 g/mol. The number of pyridine rings is 1. The first-order valence-corrected chi connectivity index (χ1v) is 8.06. The van der Waals surface area contributed by atoms with Gasteiger partial charge in [-0.1, -0.05) is 38.3 Å². The van der Waals surface area contributed by atoms with Crippen LogP contribution < -0.4 is 5.32 Å². The van der Waals surface area contributed by atoms with E-state index in [4.69, 9.17) is 11.6 Å². The molecule has 1 aromatic heterocycles. The number of rotatable bonds is 5. The summed E-state index contributed by atoms with van der Waals surface area (Å²) in [5, 5.41) is 3.38. The van der Waals surface area contributed by atoms with E-state index in [1.54, 1.807) is 19.2 Å². The Balaban J connectivity index is 2.28. The largest absolute Gasteiger partial charge is 0.373 e. The Hall–Kier alpha value is -1.29. The number of hydrogen-bond donors (Lipinski definition) is 1. The van der Waals surface area contributed by atoms with E-state index in [-0.39, 0.29) is 5.91 Å². The molecule has 1 N–H and O–H groups in total. The van der Waals surface area contributed by atoms with Gasteiger partial charge in [-0.2, -0.15) is 0 Å². The van der Waals surface area contributed by atoms with Crippen molar-refractivity contribution in [2.24, 2.45) is 5.92 Å². The van der Waals surface area contributed by atoms with Crippen LogP contribution in [0.1, 0.15) is 50.0 Å². The Morgan fingerprint density at radius 3 is 2.67 bits per heavy atom. The fraction of sp³-hybridized carbons (Fsp3) is 0.625. The summed E-state index contributed by atoms with van der Waals surface area (Å²) in [7, 11) is 1.79. The predicted octanol–water partition coefficient (Wildman–Crippen LogP) is 3.82. The molecule has 116 valence electrons. The minimum absolute atomic E-state index is 0.0438. The molecule has 1 aliphatic rings. The van der Waals surface area contributed by atoms with Gasteiger partial charge in [0.05, 0.1) is 5.02 Å². The van der Waals surface area contributed by atoms with Crippen molar-refractivity contribution in [3.8, 4) is 0 Å². The summed E-state index contributed by atoms with van der Waals surface area (Å²) in [5.41, 5.74) is 0.357. The topological polar surface area (TPSA) is 45.2 Å². The molecule has 4 nitrogen and oxygen atoms in total. The van der Waals surface area contributed by atoms with Crippen molar-refractivity contribution < 1.29 is 4.79 Å². The van der Waals surface area contributed by atoms with Crippen LogP contribution in [0.4, 0.5) is 5.82 Å². The molecular weight excluding hydrogens is 286 g/mol. The first-order chi connectivity index (χ1) is 10.0. The quantitative estimate of drug-likeness (QED) is 0.899. The SMILES string of the molecule is CNc1ccc(Cl)c(C(=O)N(CC(C)C)C2CCCC2)n1. The van der Waals surface area contributed by atoms with Crippen molar-refractivity contribution in [1.82, 2.24) is 9.88 Å². The lowest BCUT2D eigenvalue weighted by Crippen LogP contribution is -2.41. The molecule has 21 heavy (non-hydrogen) atoms. The molecule has 2 rings (SSSR count). The molecule has 1 heterocycles. The number of carbonyl (C=O) groups is 1. The Labute approximate surface area is 131 Å². The van der Waals surface area contributed by atoms with E-state index < -0.39 is 0 Å². The second kappa shape index (κ2) is 7.12. The maximum Gasteiger partial charge on any atom is 0.274 e. The smallest absolute Gasteiger partial charge is 0.274 e. The number of carbonyl (C=O) groups excluding carboxylic acids is 1. The van der Waals surface area contributed by atoms with Gasteiger partial charge >= 0.3 is 0 Å². The molecule has 0 bridgehead atoms. The number of hydrogen-bond acceptors (Lipinski definition) is 3. The fourth-order valence-corrected chi connectivity index (χ4v) is 3.06. The number of halogens is 1. The maximum atomic E-state index is 12.9. The summed E-state index contributed by atoms with van der Waals surface area (Å²) >= 11 is 6.20. The second-order valence-corrected chi connectivity index (χ2v) is 6.47. The average Bonchev–Trinajstić information content (AvgIpc) is 2.98. The van der Waals surface area contributed by atoms with Crippen molar-refractivity contribution in [3.05, 3.63) is 22.8 Å². The lowest BCUT2D eigenvalue weighted by atomic mass is 10.1. The molecule has 0 saturated heterocycles. The molecule has 1 amide bonds. The lowest BCUT2D eigenvalue weighted by Gasteiger charge is -2.30. The van der Waals surface area contributed by atoms with E-state index in [1.807, 2.05) is 4.90 Å². The Morgan fingerprint density at radius 1 is 1.43 bits per heavy atom. The molecule has 0 aliphatic heterocycles.